The van der Waals surface area contributed by atoms with E-state index in [-0.39, 0.29) is 12.1 Å². The molecule has 0 spiro atoms. The lowest BCUT2D eigenvalue weighted by atomic mass is 10.0. The Labute approximate surface area is 117 Å². The van der Waals surface area contributed by atoms with Gasteiger partial charge < -0.3 is 15.7 Å². The molecule has 6 heteroatoms. The van der Waals surface area contributed by atoms with Gasteiger partial charge in [-0.25, -0.2) is 9.78 Å². The molecule has 1 aromatic heterocycles. The monoisotopic (exact) mass is 283 g/mol. The molecule has 1 atom stereocenters. The van der Waals surface area contributed by atoms with Gasteiger partial charge in [0, 0.05) is 17.6 Å². The van der Waals surface area contributed by atoms with Gasteiger partial charge in [-0.05, 0) is 26.7 Å². The van der Waals surface area contributed by atoms with E-state index >= 15 is 0 Å². The summed E-state index contributed by atoms with van der Waals surface area (Å²) in [4.78, 5) is 17.2. The Bertz CT molecular complexity index is 441. The molecule has 19 heavy (non-hydrogen) atoms. The van der Waals surface area contributed by atoms with Crippen molar-refractivity contribution in [3.63, 3.8) is 0 Å². The number of aryl methyl sites for hydroxylation is 1. The topological polar surface area (TPSA) is 74.2 Å². The maximum Gasteiger partial charge on any atom is 0.315 e. The molecule has 0 aromatic carbocycles. The zero-order chi connectivity index (χ0) is 13.9. The van der Waals surface area contributed by atoms with Crippen molar-refractivity contribution in [2.24, 2.45) is 0 Å². The summed E-state index contributed by atoms with van der Waals surface area (Å²) in [7, 11) is 0. The molecule has 1 aliphatic carbocycles. The van der Waals surface area contributed by atoms with Crippen molar-refractivity contribution in [1.82, 2.24) is 15.6 Å². The van der Waals surface area contributed by atoms with Crippen molar-refractivity contribution >= 4 is 17.4 Å². The van der Waals surface area contributed by atoms with Crippen molar-refractivity contribution in [1.29, 1.82) is 0 Å². The van der Waals surface area contributed by atoms with Gasteiger partial charge in [0.1, 0.15) is 5.01 Å². The molecular formula is C13H21N3O2S. The first-order chi connectivity index (χ1) is 8.98. The molecule has 1 saturated carbocycles. The number of nitrogens with one attached hydrogen (secondary N) is 2. The highest BCUT2D eigenvalue weighted by Crippen LogP contribution is 2.28. The second kappa shape index (κ2) is 5.88. The highest BCUT2D eigenvalue weighted by atomic mass is 32.1. The number of carbonyl (C=O) groups is 1. The predicted molar refractivity (Wildman–Crippen MR) is 75.2 cm³/mol. The summed E-state index contributed by atoms with van der Waals surface area (Å²) in [6.07, 6.45) is 5.42. The second-order valence-corrected chi connectivity index (χ2v) is 6.56. The van der Waals surface area contributed by atoms with Crippen LogP contribution in [-0.4, -0.2) is 28.3 Å². The molecular weight excluding hydrogens is 262 g/mol. The average molecular weight is 283 g/mol. The molecule has 0 radical (unpaired) electrons. The summed E-state index contributed by atoms with van der Waals surface area (Å²) >= 11 is 1.58. The Hall–Kier alpha value is -1.14. The molecule has 1 fully saturated rings. The molecule has 2 rings (SSSR count). The largest absolute Gasteiger partial charge is 0.388 e. The number of thiazole rings is 1. The predicted octanol–water partition coefficient (Wildman–Crippen LogP) is 2.12. The molecule has 2 amide bonds. The van der Waals surface area contributed by atoms with Gasteiger partial charge in [-0.1, -0.05) is 12.8 Å². The van der Waals surface area contributed by atoms with Crippen LogP contribution in [0, 0.1) is 6.92 Å². The lowest BCUT2D eigenvalue weighted by Gasteiger charge is -2.23. The molecule has 1 aromatic rings. The Morgan fingerprint density at radius 1 is 1.58 bits per heavy atom. The van der Waals surface area contributed by atoms with Gasteiger partial charge in [0.15, 0.2) is 0 Å². The van der Waals surface area contributed by atoms with Crippen molar-refractivity contribution in [2.45, 2.75) is 51.2 Å². The van der Waals surface area contributed by atoms with Crippen LogP contribution in [0.4, 0.5) is 4.79 Å². The quantitative estimate of drug-likeness (QED) is 0.792. The zero-order valence-electron chi connectivity index (χ0n) is 11.4. The number of nitrogens with zero attached hydrogens (tertiary/aromatic N) is 1. The van der Waals surface area contributed by atoms with Crippen molar-refractivity contribution in [3.8, 4) is 0 Å². The SMILES string of the molecule is Cc1cnc(C(C)NC(=O)NCC2(O)CCCC2)s1. The molecule has 1 heterocycles. The first-order valence-corrected chi connectivity index (χ1v) is 7.49. The molecule has 0 saturated heterocycles. The summed E-state index contributed by atoms with van der Waals surface area (Å²) in [6.45, 7) is 4.22. The van der Waals surface area contributed by atoms with E-state index in [0.29, 0.717) is 6.54 Å². The van der Waals surface area contributed by atoms with Crippen LogP contribution < -0.4 is 10.6 Å². The number of urea groups is 1. The first-order valence-electron chi connectivity index (χ1n) is 6.68. The Kier molecular flexibility index (Phi) is 4.42. The molecule has 1 unspecified atom stereocenters. The van der Waals surface area contributed by atoms with Gasteiger partial charge in [-0.3, -0.25) is 0 Å². The maximum atomic E-state index is 11.8. The lowest BCUT2D eigenvalue weighted by Crippen LogP contribution is -2.45. The average Bonchev–Trinajstić information content (AvgIpc) is 2.96. The Morgan fingerprint density at radius 2 is 2.26 bits per heavy atom. The van der Waals surface area contributed by atoms with Crippen LogP contribution in [0.1, 0.15) is 48.5 Å². The maximum absolute atomic E-state index is 11.8. The number of rotatable bonds is 4. The van der Waals surface area contributed by atoms with Gasteiger partial charge in [0.05, 0.1) is 11.6 Å². The van der Waals surface area contributed by atoms with E-state index in [1.165, 1.54) is 0 Å². The standard InChI is InChI=1S/C13H21N3O2S/c1-9-7-14-11(19-9)10(2)16-12(17)15-8-13(18)5-3-4-6-13/h7,10,18H,3-6,8H2,1-2H3,(H2,15,16,17). The molecule has 1 aliphatic rings. The minimum Gasteiger partial charge on any atom is -0.388 e. The smallest absolute Gasteiger partial charge is 0.315 e. The summed E-state index contributed by atoms with van der Waals surface area (Å²) in [5.41, 5.74) is -0.710. The Morgan fingerprint density at radius 3 is 2.84 bits per heavy atom. The van der Waals surface area contributed by atoms with E-state index in [9.17, 15) is 9.90 Å². The minimum absolute atomic E-state index is 0.114. The van der Waals surface area contributed by atoms with E-state index in [4.69, 9.17) is 0 Å². The zero-order valence-corrected chi connectivity index (χ0v) is 12.2. The summed E-state index contributed by atoms with van der Waals surface area (Å²) in [6, 6.07) is -0.363. The van der Waals surface area contributed by atoms with Crippen LogP contribution >= 0.6 is 11.3 Å². The van der Waals surface area contributed by atoms with Crippen molar-refractivity contribution in [3.05, 3.63) is 16.1 Å². The van der Waals surface area contributed by atoms with Crippen LogP contribution in [0.15, 0.2) is 6.20 Å². The van der Waals surface area contributed by atoms with Crippen LogP contribution in [-0.2, 0) is 0 Å². The van der Waals surface area contributed by atoms with Gasteiger partial charge >= 0.3 is 6.03 Å². The highest BCUT2D eigenvalue weighted by molar-refractivity contribution is 7.11. The molecule has 0 bridgehead atoms. The fourth-order valence-corrected chi connectivity index (χ4v) is 3.11. The number of aromatic nitrogens is 1. The van der Waals surface area contributed by atoms with E-state index in [1.807, 2.05) is 13.8 Å². The summed E-state index contributed by atoms with van der Waals surface area (Å²) in [5, 5.41) is 16.6. The minimum atomic E-state index is -0.710. The lowest BCUT2D eigenvalue weighted by molar-refractivity contribution is 0.0500. The third-order valence-electron chi connectivity index (χ3n) is 3.47. The molecule has 5 nitrogen and oxygen atoms in total. The molecule has 3 N–H and O–H groups in total. The molecule has 0 aliphatic heterocycles. The van der Waals surface area contributed by atoms with E-state index < -0.39 is 5.60 Å². The number of amides is 2. The first kappa shape index (κ1) is 14.3. The third kappa shape index (κ3) is 3.91. The van der Waals surface area contributed by atoms with E-state index in [0.717, 1.165) is 35.6 Å². The fourth-order valence-electron chi connectivity index (χ4n) is 2.34. The van der Waals surface area contributed by atoms with Crippen LogP contribution in [0.2, 0.25) is 0 Å². The number of aliphatic hydroxyl groups is 1. The normalized spacial score (nSPS) is 19.1. The summed E-state index contributed by atoms with van der Waals surface area (Å²) < 4.78 is 0. The Balaban J connectivity index is 1.78. The number of hydrogen-bond donors (Lipinski definition) is 3. The van der Waals surface area contributed by atoms with Gasteiger partial charge in [0.25, 0.3) is 0 Å². The van der Waals surface area contributed by atoms with Crippen LogP contribution in [0.5, 0.6) is 0 Å². The van der Waals surface area contributed by atoms with E-state index in [1.54, 1.807) is 17.5 Å². The number of carbonyl (C=O) groups excluding carboxylic acids is 1. The van der Waals surface area contributed by atoms with Crippen LogP contribution in [0.3, 0.4) is 0 Å². The van der Waals surface area contributed by atoms with Gasteiger partial charge in [-0.15, -0.1) is 11.3 Å². The highest BCUT2D eigenvalue weighted by Gasteiger charge is 2.31. The van der Waals surface area contributed by atoms with Gasteiger partial charge in [0.2, 0.25) is 0 Å². The van der Waals surface area contributed by atoms with Gasteiger partial charge in [-0.2, -0.15) is 0 Å². The molecule has 106 valence electrons. The third-order valence-corrected chi connectivity index (χ3v) is 4.56. The second-order valence-electron chi connectivity index (χ2n) is 5.29. The van der Waals surface area contributed by atoms with Crippen molar-refractivity contribution in [2.75, 3.05) is 6.54 Å². The number of hydrogen-bond acceptors (Lipinski definition) is 4. The fraction of sp³-hybridized carbons (Fsp3) is 0.692. The van der Waals surface area contributed by atoms with Crippen molar-refractivity contribution < 1.29 is 9.90 Å². The summed E-state index contributed by atoms with van der Waals surface area (Å²) in [5.74, 6) is 0. The van der Waals surface area contributed by atoms with E-state index in [2.05, 4.69) is 15.6 Å². The van der Waals surface area contributed by atoms with Crippen LogP contribution in [0.25, 0.3) is 0 Å².